The molecule has 0 radical (unpaired) electrons. The third-order valence-corrected chi connectivity index (χ3v) is 6.76. The summed E-state index contributed by atoms with van der Waals surface area (Å²) in [5, 5.41) is 3.04. The molecule has 0 aromatic heterocycles. The third-order valence-electron chi connectivity index (χ3n) is 6.14. The second-order valence-corrected chi connectivity index (χ2v) is 10.7. The lowest BCUT2D eigenvalue weighted by Gasteiger charge is -2.32. The molecule has 0 aliphatic rings. The van der Waals surface area contributed by atoms with Crippen molar-refractivity contribution in [1.82, 2.24) is 10.2 Å². The number of amides is 2. The SMILES string of the molecule is CCC(C)NC(=O)C(CC)N(Cc1ccccc1C)C(=O)COc1ccc(C(C)(C)C)cc1Br. The first-order valence-corrected chi connectivity index (χ1v) is 12.8. The van der Waals surface area contributed by atoms with Crippen molar-refractivity contribution in [1.29, 1.82) is 0 Å². The van der Waals surface area contributed by atoms with Crippen LogP contribution in [0.2, 0.25) is 0 Å². The number of carbonyl (C=O) groups excluding carboxylic acids is 2. The van der Waals surface area contributed by atoms with Crippen LogP contribution in [0.15, 0.2) is 46.9 Å². The second kappa shape index (κ2) is 12.4. The van der Waals surface area contributed by atoms with Crippen molar-refractivity contribution in [2.45, 2.75) is 85.4 Å². The summed E-state index contributed by atoms with van der Waals surface area (Å²) < 4.78 is 6.73. The summed E-state index contributed by atoms with van der Waals surface area (Å²) in [6, 6.07) is 13.3. The van der Waals surface area contributed by atoms with Gasteiger partial charge in [0.2, 0.25) is 5.91 Å². The minimum absolute atomic E-state index is 0.0124. The number of nitrogens with zero attached hydrogens (tertiary/aromatic N) is 1. The highest BCUT2D eigenvalue weighted by molar-refractivity contribution is 9.10. The van der Waals surface area contributed by atoms with E-state index in [2.05, 4.69) is 42.0 Å². The largest absolute Gasteiger partial charge is 0.483 e. The van der Waals surface area contributed by atoms with Gasteiger partial charge in [0.15, 0.2) is 6.61 Å². The smallest absolute Gasteiger partial charge is 0.261 e. The summed E-state index contributed by atoms with van der Waals surface area (Å²) in [5.74, 6) is 0.255. The molecule has 0 fully saturated rings. The van der Waals surface area contributed by atoms with Gasteiger partial charge in [0.1, 0.15) is 11.8 Å². The topological polar surface area (TPSA) is 58.6 Å². The van der Waals surface area contributed by atoms with Crippen LogP contribution in [-0.2, 0) is 21.5 Å². The number of nitrogens with one attached hydrogen (secondary N) is 1. The fourth-order valence-electron chi connectivity index (χ4n) is 3.64. The number of aryl methyl sites for hydroxylation is 1. The van der Waals surface area contributed by atoms with Crippen LogP contribution in [0.3, 0.4) is 0 Å². The fourth-order valence-corrected chi connectivity index (χ4v) is 4.13. The Hall–Kier alpha value is -2.34. The Morgan fingerprint density at radius 2 is 1.76 bits per heavy atom. The minimum atomic E-state index is -0.573. The molecule has 2 rings (SSSR count). The van der Waals surface area contributed by atoms with Crippen LogP contribution in [0.5, 0.6) is 5.75 Å². The zero-order valence-corrected chi connectivity index (χ0v) is 23.2. The molecule has 0 bridgehead atoms. The Balaban J connectivity index is 2.26. The van der Waals surface area contributed by atoms with E-state index in [-0.39, 0.29) is 29.9 Å². The summed E-state index contributed by atoms with van der Waals surface area (Å²) in [5.41, 5.74) is 3.28. The van der Waals surface area contributed by atoms with E-state index in [4.69, 9.17) is 4.74 Å². The Bertz CT molecular complexity index is 984. The summed E-state index contributed by atoms with van der Waals surface area (Å²) in [6.45, 7) is 14.6. The molecule has 2 aromatic rings. The Kier molecular flexibility index (Phi) is 10.2. The first kappa shape index (κ1) is 27.9. The number of rotatable bonds is 10. The van der Waals surface area contributed by atoms with Gasteiger partial charge in [0.25, 0.3) is 5.91 Å². The van der Waals surface area contributed by atoms with Gasteiger partial charge < -0.3 is 15.0 Å². The van der Waals surface area contributed by atoms with Crippen LogP contribution in [0.25, 0.3) is 0 Å². The van der Waals surface area contributed by atoms with E-state index in [9.17, 15) is 9.59 Å². The summed E-state index contributed by atoms with van der Waals surface area (Å²) >= 11 is 3.58. The molecule has 6 heteroatoms. The van der Waals surface area contributed by atoms with Crippen molar-refractivity contribution in [2.24, 2.45) is 0 Å². The molecule has 0 aliphatic heterocycles. The first-order chi connectivity index (χ1) is 16.0. The average molecular weight is 532 g/mol. The van der Waals surface area contributed by atoms with Crippen LogP contribution in [0.1, 0.15) is 71.1 Å². The van der Waals surface area contributed by atoms with Crippen molar-refractivity contribution in [3.8, 4) is 5.75 Å². The monoisotopic (exact) mass is 530 g/mol. The van der Waals surface area contributed by atoms with Crippen molar-refractivity contribution < 1.29 is 14.3 Å². The number of ether oxygens (including phenoxy) is 1. The van der Waals surface area contributed by atoms with Gasteiger partial charge in [0, 0.05) is 12.6 Å². The lowest BCUT2D eigenvalue weighted by Crippen LogP contribution is -2.51. The predicted octanol–water partition coefficient (Wildman–Crippen LogP) is 6.16. The van der Waals surface area contributed by atoms with E-state index in [1.54, 1.807) is 4.90 Å². The normalized spacial score (nSPS) is 13.2. The van der Waals surface area contributed by atoms with Crippen molar-refractivity contribution in [3.63, 3.8) is 0 Å². The maximum atomic E-state index is 13.4. The fraction of sp³-hybridized carbons (Fsp3) is 0.500. The Morgan fingerprint density at radius 1 is 1.09 bits per heavy atom. The van der Waals surface area contributed by atoms with Gasteiger partial charge in [-0.2, -0.15) is 0 Å². The van der Waals surface area contributed by atoms with E-state index in [0.717, 1.165) is 22.0 Å². The molecule has 0 spiro atoms. The van der Waals surface area contributed by atoms with E-state index in [1.807, 2.05) is 70.2 Å². The standard InChI is InChI=1S/C28H39BrN2O3/c1-8-20(4)30-27(33)24(9-2)31(17-21-13-11-10-12-19(21)3)26(32)18-34-25-15-14-22(16-23(25)29)28(5,6)7/h10-16,20,24H,8-9,17-18H2,1-7H3,(H,30,33). The highest BCUT2D eigenvalue weighted by Gasteiger charge is 2.30. The molecular weight excluding hydrogens is 492 g/mol. The molecule has 0 aliphatic carbocycles. The maximum absolute atomic E-state index is 13.4. The average Bonchev–Trinajstić information content (AvgIpc) is 2.78. The van der Waals surface area contributed by atoms with Gasteiger partial charge in [-0.05, 0) is 76.9 Å². The molecule has 0 saturated heterocycles. The van der Waals surface area contributed by atoms with Gasteiger partial charge in [-0.3, -0.25) is 9.59 Å². The third kappa shape index (κ3) is 7.59. The lowest BCUT2D eigenvalue weighted by molar-refractivity contribution is -0.143. The summed E-state index contributed by atoms with van der Waals surface area (Å²) in [6.07, 6.45) is 1.35. The summed E-state index contributed by atoms with van der Waals surface area (Å²) in [7, 11) is 0. The van der Waals surface area contributed by atoms with Crippen LogP contribution < -0.4 is 10.1 Å². The van der Waals surface area contributed by atoms with Gasteiger partial charge in [0.05, 0.1) is 4.47 Å². The molecule has 0 heterocycles. The first-order valence-electron chi connectivity index (χ1n) is 12.0. The zero-order valence-electron chi connectivity index (χ0n) is 21.6. The van der Waals surface area contributed by atoms with E-state index >= 15 is 0 Å². The molecule has 186 valence electrons. The number of hydrogen-bond acceptors (Lipinski definition) is 3. The Labute approximate surface area is 213 Å². The zero-order chi connectivity index (χ0) is 25.5. The van der Waals surface area contributed by atoms with E-state index in [0.29, 0.717) is 18.7 Å². The molecule has 1 N–H and O–H groups in total. The molecule has 2 atom stereocenters. The lowest BCUT2D eigenvalue weighted by atomic mass is 9.87. The van der Waals surface area contributed by atoms with Gasteiger partial charge >= 0.3 is 0 Å². The van der Waals surface area contributed by atoms with Crippen LogP contribution in [-0.4, -0.2) is 35.4 Å². The summed E-state index contributed by atoms with van der Waals surface area (Å²) in [4.78, 5) is 28.2. The van der Waals surface area contributed by atoms with Crippen LogP contribution in [0.4, 0.5) is 0 Å². The predicted molar refractivity (Wildman–Crippen MR) is 142 cm³/mol. The molecule has 5 nitrogen and oxygen atoms in total. The number of carbonyl (C=O) groups is 2. The highest BCUT2D eigenvalue weighted by atomic mass is 79.9. The molecule has 2 amide bonds. The van der Waals surface area contributed by atoms with Crippen molar-refractivity contribution in [2.75, 3.05) is 6.61 Å². The molecule has 0 saturated carbocycles. The van der Waals surface area contributed by atoms with Gasteiger partial charge in [-0.25, -0.2) is 0 Å². The molecule has 34 heavy (non-hydrogen) atoms. The van der Waals surface area contributed by atoms with Gasteiger partial charge in [-0.15, -0.1) is 0 Å². The molecule has 2 aromatic carbocycles. The molecule has 2 unspecified atom stereocenters. The van der Waals surface area contributed by atoms with Gasteiger partial charge in [-0.1, -0.05) is 65.0 Å². The van der Waals surface area contributed by atoms with Crippen molar-refractivity contribution in [3.05, 3.63) is 63.6 Å². The second-order valence-electron chi connectivity index (χ2n) is 9.87. The number of halogens is 1. The highest BCUT2D eigenvalue weighted by Crippen LogP contribution is 2.31. The number of benzene rings is 2. The van der Waals surface area contributed by atoms with E-state index in [1.165, 1.54) is 5.56 Å². The minimum Gasteiger partial charge on any atom is -0.483 e. The quantitative estimate of drug-likeness (QED) is 0.400. The van der Waals surface area contributed by atoms with Crippen LogP contribution in [0, 0.1) is 6.92 Å². The van der Waals surface area contributed by atoms with Crippen LogP contribution >= 0.6 is 15.9 Å². The van der Waals surface area contributed by atoms with Crippen molar-refractivity contribution >= 4 is 27.7 Å². The molecular formula is C28H39BrN2O3. The Morgan fingerprint density at radius 3 is 2.32 bits per heavy atom. The van der Waals surface area contributed by atoms with E-state index < -0.39 is 6.04 Å². The maximum Gasteiger partial charge on any atom is 0.261 e. The number of hydrogen-bond donors (Lipinski definition) is 1.